The third kappa shape index (κ3) is 54.8. The number of phosphoric ester groups is 1. The summed E-state index contributed by atoms with van der Waals surface area (Å²) in [5.74, 6) is -0.522. The summed E-state index contributed by atoms with van der Waals surface area (Å²) < 4.78 is 30.7. The van der Waals surface area contributed by atoms with Crippen LogP contribution in [0, 0.1) is 0 Å². The van der Waals surface area contributed by atoms with Gasteiger partial charge in [0.1, 0.15) is 19.3 Å². The predicted molar refractivity (Wildman–Crippen MR) is 314 cm³/mol. The third-order valence-electron chi connectivity index (χ3n) is 14.1. The van der Waals surface area contributed by atoms with Gasteiger partial charge in [-0.25, -0.2) is 4.57 Å². The number of ether oxygens (including phenoxy) is 1. The second kappa shape index (κ2) is 53.6. The van der Waals surface area contributed by atoms with Crippen molar-refractivity contribution in [2.24, 2.45) is 0 Å². The molecule has 0 aliphatic heterocycles. The molecule has 0 spiro atoms. The van der Waals surface area contributed by atoms with Crippen molar-refractivity contribution >= 4 is 19.7 Å². The van der Waals surface area contributed by atoms with E-state index in [9.17, 15) is 19.0 Å². The van der Waals surface area contributed by atoms with E-state index in [1.165, 1.54) is 199 Å². The van der Waals surface area contributed by atoms with Crippen molar-refractivity contribution in [1.82, 2.24) is 5.32 Å². The van der Waals surface area contributed by atoms with E-state index in [1.54, 1.807) is 0 Å². The number of allylic oxidation sites excluding steroid dienone is 5. The fourth-order valence-electron chi connectivity index (χ4n) is 9.23. The number of unbranched alkanes of at least 4 members (excludes halogenated alkanes) is 38. The molecule has 0 aromatic heterocycles. The van der Waals surface area contributed by atoms with Crippen LogP contribution in [-0.4, -0.2) is 74.3 Å². The minimum absolute atomic E-state index is 0.0373. The molecule has 3 unspecified atom stereocenters. The van der Waals surface area contributed by atoms with E-state index in [0.29, 0.717) is 30.3 Å². The zero-order valence-electron chi connectivity index (χ0n) is 49.1. The SMILES string of the molecule is CCCCCCCCC/C=C/C=C/CCCCCC(=O)NC(COP(=O)(O)OCC[N+](C)(C)C)C(/C=C/CCCCCCCCCCCC)OC(=O)CCCCCCCCCCCCCCCCCCCCC. The van der Waals surface area contributed by atoms with Gasteiger partial charge in [0, 0.05) is 12.8 Å². The van der Waals surface area contributed by atoms with Crippen molar-refractivity contribution < 1.29 is 37.3 Å². The normalized spacial score (nSPS) is 13.9. The highest BCUT2D eigenvalue weighted by atomic mass is 31.2. The molecule has 10 heteroatoms. The highest BCUT2D eigenvalue weighted by Gasteiger charge is 2.30. The maximum Gasteiger partial charge on any atom is 0.472 e. The number of hydrogen-bond acceptors (Lipinski definition) is 6. The van der Waals surface area contributed by atoms with E-state index in [0.717, 1.165) is 64.2 Å². The van der Waals surface area contributed by atoms with Crippen molar-refractivity contribution in [3.63, 3.8) is 0 Å². The number of esters is 1. The van der Waals surface area contributed by atoms with Gasteiger partial charge in [-0.05, 0) is 57.4 Å². The fraction of sp³-hybridized carbons (Fsp3) is 0.873. The Morgan fingerprint density at radius 2 is 0.822 bits per heavy atom. The lowest BCUT2D eigenvalue weighted by molar-refractivity contribution is -0.870. The first kappa shape index (κ1) is 71.2. The monoisotopic (exact) mass is 1050 g/mol. The third-order valence-corrected chi connectivity index (χ3v) is 15.1. The van der Waals surface area contributed by atoms with Gasteiger partial charge in [-0.15, -0.1) is 0 Å². The first-order chi connectivity index (χ1) is 35.4. The lowest BCUT2D eigenvalue weighted by Crippen LogP contribution is -2.47. The lowest BCUT2D eigenvalue weighted by atomic mass is 10.0. The van der Waals surface area contributed by atoms with E-state index in [1.807, 2.05) is 33.3 Å². The molecule has 0 heterocycles. The number of phosphoric acid groups is 1. The van der Waals surface area contributed by atoms with Gasteiger partial charge in [-0.1, -0.05) is 269 Å². The number of nitrogens with zero attached hydrogens (tertiary/aromatic N) is 1. The van der Waals surface area contributed by atoms with Crippen LogP contribution in [0.25, 0.3) is 0 Å². The molecule has 0 saturated carbocycles. The van der Waals surface area contributed by atoms with Crippen LogP contribution in [0.5, 0.6) is 0 Å². The van der Waals surface area contributed by atoms with Crippen molar-refractivity contribution in [3.8, 4) is 0 Å². The molecule has 73 heavy (non-hydrogen) atoms. The number of nitrogens with one attached hydrogen (secondary N) is 1. The second-order valence-corrected chi connectivity index (χ2v) is 24.1. The van der Waals surface area contributed by atoms with Crippen LogP contribution in [0.3, 0.4) is 0 Å². The number of rotatable bonds is 57. The molecule has 0 saturated heterocycles. The van der Waals surface area contributed by atoms with Gasteiger partial charge < -0.3 is 19.4 Å². The fourth-order valence-corrected chi connectivity index (χ4v) is 9.96. The Balaban J connectivity index is 5.26. The largest absolute Gasteiger partial charge is 0.472 e. The summed E-state index contributed by atoms with van der Waals surface area (Å²) in [6, 6.07) is -0.858. The Kier molecular flexibility index (Phi) is 52.3. The molecular formula is C63H122N2O7P+. The van der Waals surface area contributed by atoms with Crippen molar-refractivity contribution in [2.75, 3.05) is 40.9 Å². The Morgan fingerprint density at radius 1 is 0.479 bits per heavy atom. The molecule has 0 aromatic rings. The first-order valence-electron chi connectivity index (χ1n) is 31.3. The molecule has 0 bridgehead atoms. The molecule has 0 aliphatic rings. The molecule has 0 aliphatic carbocycles. The van der Waals surface area contributed by atoms with Gasteiger partial charge in [0.15, 0.2) is 0 Å². The van der Waals surface area contributed by atoms with E-state index in [2.05, 4.69) is 50.4 Å². The number of hydrogen-bond donors (Lipinski definition) is 2. The van der Waals surface area contributed by atoms with E-state index >= 15 is 0 Å². The zero-order chi connectivity index (χ0) is 53.6. The maximum atomic E-state index is 13.5. The highest BCUT2D eigenvalue weighted by Crippen LogP contribution is 2.43. The van der Waals surface area contributed by atoms with Gasteiger partial charge in [0.05, 0.1) is 33.8 Å². The molecule has 0 fully saturated rings. The molecule has 0 rings (SSSR count). The molecule has 3 atom stereocenters. The van der Waals surface area contributed by atoms with Crippen molar-refractivity contribution in [1.29, 1.82) is 0 Å². The minimum Gasteiger partial charge on any atom is -0.456 e. The van der Waals surface area contributed by atoms with Crippen LogP contribution >= 0.6 is 7.82 Å². The summed E-state index contributed by atoms with van der Waals surface area (Å²) in [6.45, 7) is 7.02. The standard InChI is InChI=1S/C63H121N2O7P/c1-7-10-13-16-19-22-25-28-30-32-33-34-36-38-41-44-47-50-53-56-63(67)72-61(54-51-48-45-42-39-27-24-21-18-15-12-9-3)60(59-71-73(68,69)70-58-57-65(4,5)6)64-62(66)55-52-49-46-43-40-37-35-31-29-26-23-20-17-14-11-8-2/h31,35,37,40,51,54,60-61H,7-30,32-34,36,38-39,41-50,52-53,55-59H2,1-6H3,(H-,64,66,68,69)/p+1/b35-31+,40-37+,54-51+. The van der Waals surface area contributed by atoms with Gasteiger partial charge in [-0.3, -0.25) is 18.6 Å². The number of quaternary nitrogens is 1. The minimum atomic E-state index is -4.45. The van der Waals surface area contributed by atoms with Gasteiger partial charge in [-0.2, -0.15) is 0 Å². The van der Waals surface area contributed by atoms with Gasteiger partial charge in [0.25, 0.3) is 0 Å². The van der Waals surface area contributed by atoms with Crippen LogP contribution in [0.1, 0.15) is 303 Å². The van der Waals surface area contributed by atoms with E-state index < -0.39 is 20.0 Å². The smallest absolute Gasteiger partial charge is 0.456 e. The number of likely N-dealkylation sites (N-methyl/N-ethyl adjacent to an activating group) is 1. The Hall–Kier alpha value is -1.77. The van der Waals surface area contributed by atoms with Crippen molar-refractivity contribution in [2.45, 2.75) is 315 Å². The zero-order valence-corrected chi connectivity index (χ0v) is 50.0. The summed E-state index contributed by atoms with van der Waals surface area (Å²) in [5.41, 5.74) is 0. The lowest BCUT2D eigenvalue weighted by Gasteiger charge is -2.27. The molecule has 2 N–H and O–H groups in total. The number of carbonyl (C=O) groups excluding carboxylic acids is 2. The molecule has 1 amide bonds. The van der Waals surface area contributed by atoms with Crippen LogP contribution < -0.4 is 5.32 Å². The summed E-state index contributed by atoms with van der Waals surface area (Å²) in [7, 11) is 1.49. The Morgan fingerprint density at radius 3 is 1.22 bits per heavy atom. The topological polar surface area (TPSA) is 111 Å². The Bertz CT molecular complexity index is 1350. The predicted octanol–water partition coefficient (Wildman–Crippen LogP) is 19.1. The summed E-state index contributed by atoms with van der Waals surface area (Å²) in [6.07, 6.45) is 64.3. The van der Waals surface area contributed by atoms with E-state index in [4.69, 9.17) is 13.8 Å². The second-order valence-electron chi connectivity index (χ2n) is 22.6. The maximum absolute atomic E-state index is 13.5. The molecule has 430 valence electrons. The highest BCUT2D eigenvalue weighted by molar-refractivity contribution is 7.47. The van der Waals surface area contributed by atoms with Crippen LogP contribution in [-0.2, 0) is 27.9 Å². The van der Waals surface area contributed by atoms with Gasteiger partial charge >= 0.3 is 13.8 Å². The molecule has 9 nitrogen and oxygen atoms in total. The summed E-state index contributed by atoms with van der Waals surface area (Å²) in [5, 5.41) is 3.04. The molecular weight excluding hydrogens is 928 g/mol. The summed E-state index contributed by atoms with van der Waals surface area (Å²) >= 11 is 0. The van der Waals surface area contributed by atoms with Gasteiger partial charge in [0.2, 0.25) is 5.91 Å². The Labute approximate surface area is 453 Å². The number of amides is 1. The average Bonchev–Trinajstić information content (AvgIpc) is 3.35. The van der Waals surface area contributed by atoms with Crippen molar-refractivity contribution in [3.05, 3.63) is 36.5 Å². The van der Waals surface area contributed by atoms with Crippen LogP contribution in [0.15, 0.2) is 36.5 Å². The van der Waals surface area contributed by atoms with Crippen LogP contribution in [0.2, 0.25) is 0 Å². The number of carbonyl (C=O) groups is 2. The molecule has 0 radical (unpaired) electrons. The summed E-state index contributed by atoms with van der Waals surface area (Å²) in [4.78, 5) is 37.7. The first-order valence-corrected chi connectivity index (χ1v) is 32.8. The quantitative estimate of drug-likeness (QED) is 0.0156. The van der Waals surface area contributed by atoms with Crippen LogP contribution in [0.4, 0.5) is 0 Å². The van der Waals surface area contributed by atoms with E-state index in [-0.39, 0.29) is 25.1 Å². The molecule has 0 aromatic carbocycles. The average molecular weight is 1050 g/mol.